The topological polar surface area (TPSA) is 303 Å². The van der Waals surface area contributed by atoms with E-state index >= 15 is 0 Å². The van der Waals surface area contributed by atoms with Crippen LogP contribution in [0.1, 0.15) is 6.23 Å². The quantitative estimate of drug-likeness (QED) is 0.127. The van der Waals surface area contributed by atoms with Crippen molar-refractivity contribution >= 4 is 21.5 Å². The van der Waals surface area contributed by atoms with Gasteiger partial charge in [0.25, 0.3) is 0 Å². The van der Waals surface area contributed by atoms with E-state index in [0.29, 0.717) is 0 Å². The van der Waals surface area contributed by atoms with Gasteiger partial charge in [0, 0.05) is 6.20 Å². The van der Waals surface area contributed by atoms with Gasteiger partial charge >= 0.3 is 21.3 Å². The molecule has 2 aliphatic rings. The van der Waals surface area contributed by atoms with Crippen molar-refractivity contribution in [1.29, 1.82) is 0 Å². The van der Waals surface area contributed by atoms with Crippen LogP contribution in [0.4, 0.5) is 5.82 Å². The van der Waals surface area contributed by atoms with E-state index in [1.54, 1.807) is 0 Å². The molecular formula is C15H25N3O16P2. The number of phosphoric ester groups is 2. The van der Waals surface area contributed by atoms with Crippen LogP contribution in [0, 0.1) is 0 Å². The van der Waals surface area contributed by atoms with Gasteiger partial charge in [-0.3, -0.25) is 13.6 Å². The number of ether oxygens (including phenoxy) is 2. The molecule has 206 valence electrons. The van der Waals surface area contributed by atoms with Crippen LogP contribution >= 0.6 is 15.6 Å². The fourth-order valence-corrected chi connectivity index (χ4v) is 5.50. The molecule has 0 spiro atoms. The zero-order valence-electron chi connectivity index (χ0n) is 18.0. The number of nitrogens with zero attached hydrogens (tertiary/aromatic N) is 2. The second-order valence-corrected chi connectivity index (χ2v) is 10.7. The number of aliphatic hydroxyl groups excluding tert-OH is 6. The summed E-state index contributed by atoms with van der Waals surface area (Å²) in [5.41, 5.74) is 4.44. The third-order valence-electron chi connectivity index (χ3n) is 5.16. The maximum Gasteiger partial charge on any atom is 0.483 e. The molecule has 0 amide bonds. The average Bonchev–Trinajstić information content (AvgIpc) is 3.06. The SMILES string of the molecule is Nc1ccn([C@@H]2O[C@H](COP(=O)(O)OP(=O)(O)OC3O[C@H](CO)[C@@H](O)[C@H](O)[C@H]3O)[C@@H](O)[C@H]2O)c(=O)n1. The summed E-state index contributed by atoms with van der Waals surface area (Å²) in [6.07, 6.45) is -15.0. The summed E-state index contributed by atoms with van der Waals surface area (Å²) >= 11 is 0. The van der Waals surface area contributed by atoms with E-state index in [-0.39, 0.29) is 5.82 Å². The standard InChI is InChI=1S/C15H25N3O16P2/c16-7-1-2-18(15(25)17-7)13-11(23)9(21)6(31-13)4-30-35(26,27)34-36(28,29)33-14-12(24)10(22)8(20)5(3-19)32-14/h1-2,5-6,8-14,19-24H,3-4H2,(H,26,27)(H,28,29)(H2,16,17,25)/t5-,6-,8-,9-,10+,11-,12-,13-,14?/m1/s1. The number of aliphatic hydroxyl groups is 6. The number of aromatic nitrogens is 2. The first-order valence-electron chi connectivity index (χ1n) is 10.0. The van der Waals surface area contributed by atoms with Crippen molar-refractivity contribution in [3.05, 3.63) is 22.7 Å². The lowest BCUT2D eigenvalue weighted by molar-refractivity contribution is -0.280. The van der Waals surface area contributed by atoms with E-state index < -0.39 is 89.8 Å². The smallest absolute Gasteiger partial charge is 0.394 e. The van der Waals surface area contributed by atoms with Crippen LogP contribution in [0.2, 0.25) is 0 Å². The van der Waals surface area contributed by atoms with Crippen molar-refractivity contribution in [3.63, 3.8) is 0 Å². The van der Waals surface area contributed by atoms with Crippen molar-refractivity contribution in [2.75, 3.05) is 18.9 Å². The van der Waals surface area contributed by atoms with Crippen molar-refractivity contribution in [1.82, 2.24) is 9.55 Å². The number of anilines is 1. The molecule has 10 N–H and O–H groups in total. The number of phosphoric acid groups is 2. The molecule has 0 bridgehead atoms. The maximum absolute atomic E-state index is 12.2. The monoisotopic (exact) mass is 565 g/mol. The third-order valence-corrected chi connectivity index (χ3v) is 7.76. The van der Waals surface area contributed by atoms with Crippen LogP contribution < -0.4 is 11.4 Å². The molecule has 2 fully saturated rings. The van der Waals surface area contributed by atoms with E-state index in [9.17, 15) is 49.2 Å². The van der Waals surface area contributed by atoms with Crippen LogP contribution in [-0.4, -0.2) is 112 Å². The Morgan fingerprint density at radius 2 is 1.61 bits per heavy atom. The molecule has 2 saturated heterocycles. The predicted octanol–water partition coefficient (Wildman–Crippen LogP) is -4.50. The van der Waals surface area contributed by atoms with Gasteiger partial charge in [-0.25, -0.2) is 13.9 Å². The summed E-state index contributed by atoms with van der Waals surface area (Å²) in [5, 5.41) is 58.7. The molecule has 19 nitrogen and oxygen atoms in total. The van der Waals surface area contributed by atoms with Crippen molar-refractivity contribution in [2.45, 2.75) is 55.2 Å². The van der Waals surface area contributed by atoms with Crippen molar-refractivity contribution in [2.24, 2.45) is 0 Å². The Morgan fingerprint density at radius 3 is 2.22 bits per heavy atom. The van der Waals surface area contributed by atoms with Gasteiger partial charge in [0.1, 0.15) is 48.5 Å². The molecule has 3 rings (SSSR count). The highest BCUT2D eigenvalue weighted by atomic mass is 31.3. The Labute approximate surface area is 201 Å². The summed E-state index contributed by atoms with van der Waals surface area (Å²) in [5.74, 6) is -0.123. The van der Waals surface area contributed by atoms with Gasteiger partial charge in [-0.1, -0.05) is 0 Å². The summed E-state index contributed by atoms with van der Waals surface area (Å²) in [4.78, 5) is 35.0. The Hall–Kier alpha value is -1.38. The lowest BCUT2D eigenvalue weighted by Crippen LogP contribution is -2.58. The minimum atomic E-state index is -5.58. The number of hydrogen-bond donors (Lipinski definition) is 9. The van der Waals surface area contributed by atoms with Crippen LogP contribution in [0.5, 0.6) is 0 Å². The molecule has 3 heterocycles. The number of rotatable bonds is 9. The second-order valence-electron chi connectivity index (χ2n) is 7.71. The lowest BCUT2D eigenvalue weighted by atomic mass is 10.00. The summed E-state index contributed by atoms with van der Waals surface area (Å²) in [6.45, 7) is -1.89. The molecule has 1 aromatic rings. The molecule has 0 aromatic carbocycles. The fraction of sp³-hybridized carbons (Fsp3) is 0.733. The number of nitrogen functional groups attached to an aromatic ring is 1. The van der Waals surface area contributed by atoms with E-state index in [0.717, 1.165) is 10.8 Å². The fourth-order valence-electron chi connectivity index (χ4n) is 3.34. The number of hydrogen-bond acceptors (Lipinski definition) is 16. The second kappa shape index (κ2) is 11.2. The minimum absolute atomic E-state index is 0.123. The summed E-state index contributed by atoms with van der Waals surface area (Å²) < 4.78 is 48.3. The number of nitrogens with two attached hydrogens (primary N) is 1. The highest BCUT2D eigenvalue weighted by Crippen LogP contribution is 2.61. The Morgan fingerprint density at radius 1 is 0.972 bits per heavy atom. The van der Waals surface area contributed by atoms with Crippen LogP contribution in [0.3, 0.4) is 0 Å². The molecule has 21 heteroatoms. The highest BCUT2D eigenvalue weighted by molar-refractivity contribution is 7.61. The van der Waals surface area contributed by atoms with Gasteiger partial charge in [0.05, 0.1) is 13.2 Å². The van der Waals surface area contributed by atoms with Crippen LogP contribution in [-0.2, 0) is 32.0 Å². The van der Waals surface area contributed by atoms with E-state index in [4.69, 9.17) is 20.3 Å². The van der Waals surface area contributed by atoms with E-state index in [1.807, 2.05) is 0 Å². The molecule has 36 heavy (non-hydrogen) atoms. The first-order chi connectivity index (χ1) is 16.7. The molecule has 2 aliphatic heterocycles. The van der Waals surface area contributed by atoms with Gasteiger partial charge in [0.15, 0.2) is 12.5 Å². The van der Waals surface area contributed by atoms with Crippen molar-refractivity contribution in [3.8, 4) is 0 Å². The molecule has 0 radical (unpaired) electrons. The van der Waals surface area contributed by atoms with Gasteiger partial charge in [-0.15, -0.1) is 0 Å². The highest BCUT2D eigenvalue weighted by Gasteiger charge is 2.49. The molecule has 0 aliphatic carbocycles. The zero-order chi connectivity index (χ0) is 27.0. The molecule has 0 saturated carbocycles. The average molecular weight is 565 g/mol. The largest absolute Gasteiger partial charge is 0.483 e. The zero-order valence-corrected chi connectivity index (χ0v) is 19.8. The maximum atomic E-state index is 12.2. The van der Waals surface area contributed by atoms with E-state index in [1.165, 1.54) is 6.07 Å². The Kier molecular flexibility index (Phi) is 9.05. The Bertz CT molecular complexity index is 1070. The molecule has 3 unspecified atom stereocenters. The van der Waals surface area contributed by atoms with Crippen LogP contribution in [0.25, 0.3) is 0 Å². The molecule has 1 aromatic heterocycles. The van der Waals surface area contributed by atoms with Crippen molar-refractivity contribution < 1.29 is 72.4 Å². The van der Waals surface area contributed by atoms with Gasteiger partial charge < -0.3 is 55.6 Å². The predicted molar refractivity (Wildman–Crippen MR) is 110 cm³/mol. The van der Waals surface area contributed by atoms with Gasteiger partial charge in [0.2, 0.25) is 0 Å². The van der Waals surface area contributed by atoms with Crippen LogP contribution in [0.15, 0.2) is 17.1 Å². The summed E-state index contributed by atoms with van der Waals surface area (Å²) in [6, 6.07) is 1.21. The normalized spacial score (nSPS) is 38.4. The Balaban J connectivity index is 1.61. The van der Waals surface area contributed by atoms with Gasteiger partial charge in [-0.05, 0) is 6.07 Å². The summed E-state index contributed by atoms with van der Waals surface area (Å²) in [7, 11) is -11.0. The first-order valence-corrected chi connectivity index (χ1v) is 13.0. The third kappa shape index (κ3) is 6.54. The van der Waals surface area contributed by atoms with E-state index in [2.05, 4.69) is 18.3 Å². The molecule has 11 atom stereocenters. The first kappa shape index (κ1) is 29.2. The van der Waals surface area contributed by atoms with Gasteiger partial charge in [-0.2, -0.15) is 9.29 Å². The minimum Gasteiger partial charge on any atom is -0.394 e. The lowest BCUT2D eigenvalue weighted by Gasteiger charge is -2.39. The molecular weight excluding hydrogens is 540 g/mol.